The first-order chi connectivity index (χ1) is 13.1. The van der Waals surface area contributed by atoms with E-state index >= 15 is 0 Å². The van der Waals surface area contributed by atoms with Crippen LogP contribution in [0.5, 0.6) is 0 Å². The average molecular weight is 384 g/mol. The number of piperazine rings is 1. The van der Waals surface area contributed by atoms with E-state index in [0.29, 0.717) is 22.9 Å². The van der Waals surface area contributed by atoms with Crippen LogP contribution in [0.3, 0.4) is 0 Å². The van der Waals surface area contributed by atoms with Crippen LogP contribution in [0.4, 0.5) is 5.69 Å². The highest BCUT2D eigenvalue weighted by molar-refractivity contribution is 6.31. The van der Waals surface area contributed by atoms with Crippen molar-refractivity contribution >= 4 is 34.2 Å². The number of nitrogens with zero attached hydrogens (tertiary/aromatic N) is 2. The Kier molecular flexibility index (Phi) is 5.05. The highest BCUT2D eigenvalue weighted by Gasteiger charge is 2.18. The lowest BCUT2D eigenvalue weighted by molar-refractivity contribution is 0.0925. The third-order valence-corrected chi connectivity index (χ3v) is 5.21. The average Bonchev–Trinajstić information content (AvgIpc) is 3.10. The van der Waals surface area contributed by atoms with Gasteiger partial charge in [0.25, 0.3) is 5.91 Å². The van der Waals surface area contributed by atoms with E-state index in [0.717, 1.165) is 37.1 Å². The van der Waals surface area contributed by atoms with Gasteiger partial charge in [0.15, 0.2) is 5.76 Å². The SMILES string of the molecule is CN1CCN(c2ccccc2CNC(=O)c2cc3cc(Cl)ccc3o2)CC1. The summed E-state index contributed by atoms with van der Waals surface area (Å²) < 4.78 is 5.64. The molecule has 27 heavy (non-hydrogen) atoms. The van der Waals surface area contributed by atoms with Gasteiger partial charge in [-0.3, -0.25) is 4.79 Å². The molecule has 1 fully saturated rings. The van der Waals surface area contributed by atoms with Crippen molar-refractivity contribution in [2.75, 3.05) is 38.1 Å². The molecule has 4 rings (SSSR count). The number of hydrogen-bond acceptors (Lipinski definition) is 4. The van der Waals surface area contributed by atoms with Crippen molar-refractivity contribution in [3.8, 4) is 0 Å². The Morgan fingerprint density at radius 1 is 1.11 bits per heavy atom. The topological polar surface area (TPSA) is 48.7 Å². The van der Waals surface area contributed by atoms with Gasteiger partial charge in [-0.05, 0) is 42.9 Å². The van der Waals surface area contributed by atoms with E-state index in [1.54, 1.807) is 24.3 Å². The quantitative estimate of drug-likeness (QED) is 0.745. The predicted molar refractivity (Wildman–Crippen MR) is 109 cm³/mol. The number of fused-ring (bicyclic) bond motifs is 1. The van der Waals surface area contributed by atoms with Gasteiger partial charge in [0.2, 0.25) is 0 Å². The van der Waals surface area contributed by atoms with Crippen LogP contribution in [0.25, 0.3) is 11.0 Å². The molecule has 1 aliphatic rings. The van der Waals surface area contributed by atoms with Gasteiger partial charge in [0.05, 0.1) is 0 Å². The van der Waals surface area contributed by atoms with E-state index in [9.17, 15) is 4.79 Å². The molecule has 3 aromatic rings. The van der Waals surface area contributed by atoms with Gasteiger partial charge < -0.3 is 19.5 Å². The lowest BCUT2D eigenvalue weighted by Crippen LogP contribution is -2.45. The van der Waals surface area contributed by atoms with Gasteiger partial charge in [-0.25, -0.2) is 0 Å². The molecule has 1 amide bonds. The highest BCUT2D eigenvalue weighted by Crippen LogP contribution is 2.24. The van der Waals surface area contributed by atoms with Gasteiger partial charge in [0.1, 0.15) is 5.58 Å². The van der Waals surface area contributed by atoms with Crippen LogP contribution in [-0.4, -0.2) is 44.0 Å². The Bertz CT molecular complexity index is 961. The third-order valence-electron chi connectivity index (χ3n) is 4.98. The number of hydrogen-bond donors (Lipinski definition) is 1. The Morgan fingerprint density at radius 2 is 1.89 bits per heavy atom. The molecule has 1 saturated heterocycles. The Hall–Kier alpha value is -2.50. The predicted octanol–water partition coefficient (Wildman–Crippen LogP) is 3.77. The number of nitrogens with one attached hydrogen (secondary N) is 1. The number of carbonyl (C=O) groups excluding carboxylic acids is 1. The summed E-state index contributed by atoms with van der Waals surface area (Å²) in [6, 6.07) is 15.3. The Labute approximate surface area is 163 Å². The number of amides is 1. The van der Waals surface area contributed by atoms with Crippen molar-refractivity contribution in [1.82, 2.24) is 10.2 Å². The van der Waals surface area contributed by atoms with Crippen LogP contribution >= 0.6 is 11.6 Å². The molecular weight excluding hydrogens is 362 g/mol. The molecule has 2 aromatic carbocycles. The fourth-order valence-electron chi connectivity index (χ4n) is 3.40. The van der Waals surface area contributed by atoms with Crippen molar-refractivity contribution in [2.24, 2.45) is 0 Å². The second-order valence-electron chi connectivity index (χ2n) is 6.89. The Morgan fingerprint density at radius 3 is 2.70 bits per heavy atom. The molecule has 0 spiro atoms. The summed E-state index contributed by atoms with van der Waals surface area (Å²) >= 11 is 6.00. The standard InChI is InChI=1S/C21H22ClN3O2/c1-24-8-10-25(11-9-24)18-5-3-2-4-15(18)14-23-21(26)20-13-16-12-17(22)6-7-19(16)27-20/h2-7,12-13H,8-11,14H2,1H3,(H,23,26). The molecule has 2 heterocycles. The number of rotatable bonds is 4. The molecule has 0 aliphatic carbocycles. The van der Waals surface area contributed by atoms with Gasteiger partial charge in [-0.1, -0.05) is 29.8 Å². The van der Waals surface area contributed by atoms with Crippen molar-refractivity contribution in [3.05, 3.63) is 64.9 Å². The van der Waals surface area contributed by atoms with Crippen LogP contribution in [0.2, 0.25) is 5.02 Å². The van der Waals surface area contributed by atoms with E-state index in [4.69, 9.17) is 16.0 Å². The first-order valence-electron chi connectivity index (χ1n) is 9.09. The van der Waals surface area contributed by atoms with E-state index in [-0.39, 0.29) is 5.91 Å². The van der Waals surface area contributed by atoms with Gasteiger partial charge in [-0.2, -0.15) is 0 Å². The molecule has 0 radical (unpaired) electrons. The lowest BCUT2D eigenvalue weighted by Gasteiger charge is -2.35. The summed E-state index contributed by atoms with van der Waals surface area (Å²) in [6.45, 7) is 4.53. The maximum atomic E-state index is 12.5. The number of likely N-dealkylation sites (N-methyl/N-ethyl adjacent to an activating group) is 1. The maximum absolute atomic E-state index is 12.5. The zero-order chi connectivity index (χ0) is 18.8. The van der Waals surface area contributed by atoms with E-state index in [1.165, 1.54) is 5.69 Å². The summed E-state index contributed by atoms with van der Waals surface area (Å²) in [5.41, 5.74) is 2.94. The minimum Gasteiger partial charge on any atom is -0.451 e. The summed E-state index contributed by atoms with van der Waals surface area (Å²) in [4.78, 5) is 17.3. The van der Waals surface area contributed by atoms with Gasteiger partial charge in [0, 0.05) is 48.8 Å². The highest BCUT2D eigenvalue weighted by atomic mass is 35.5. The van der Waals surface area contributed by atoms with Crippen molar-refractivity contribution < 1.29 is 9.21 Å². The van der Waals surface area contributed by atoms with Crippen molar-refractivity contribution in [2.45, 2.75) is 6.54 Å². The molecule has 1 N–H and O–H groups in total. The summed E-state index contributed by atoms with van der Waals surface area (Å²) in [7, 11) is 2.14. The largest absolute Gasteiger partial charge is 0.451 e. The van der Waals surface area contributed by atoms with Crippen molar-refractivity contribution in [1.29, 1.82) is 0 Å². The first kappa shape index (κ1) is 17.9. The number of anilines is 1. The number of furan rings is 1. The molecule has 140 valence electrons. The number of carbonyl (C=O) groups is 1. The zero-order valence-corrected chi connectivity index (χ0v) is 16.0. The van der Waals surface area contributed by atoms with Crippen LogP contribution in [0.1, 0.15) is 16.1 Å². The number of para-hydroxylation sites is 1. The molecule has 0 atom stereocenters. The molecule has 0 saturated carbocycles. The summed E-state index contributed by atoms with van der Waals surface area (Å²) in [5.74, 6) is 0.0693. The number of halogens is 1. The fourth-order valence-corrected chi connectivity index (χ4v) is 3.59. The summed E-state index contributed by atoms with van der Waals surface area (Å²) in [6.07, 6.45) is 0. The monoisotopic (exact) mass is 383 g/mol. The second kappa shape index (κ2) is 7.62. The van der Waals surface area contributed by atoms with Gasteiger partial charge >= 0.3 is 0 Å². The van der Waals surface area contributed by atoms with Crippen LogP contribution in [-0.2, 0) is 6.54 Å². The summed E-state index contributed by atoms with van der Waals surface area (Å²) in [5, 5.41) is 4.42. The van der Waals surface area contributed by atoms with Crippen LogP contribution < -0.4 is 10.2 Å². The van der Waals surface area contributed by atoms with Crippen LogP contribution in [0, 0.1) is 0 Å². The number of benzene rings is 2. The molecule has 1 aromatic heterocycles. The van der Waals surface area contributed by atoms with E-state index in [2.05, 4.69) is 34.3 Å². The Balaban J connectivity index is 1.47. The molecule has 0 bridgehead atoms. The minimum atomic E-state index is -0.226. The zero-order valence-electron chi connectivity index (χ0n) is 15.2. The molecular formula is C21H22ClN3O2. The lowest BCUT2D eigenvalue weighted by atomic mass is 10.1. The van der Waals surface area contributed by atoms with Crippen molar-refractivity contribution in [3.63, 3.8) is 0 Å². The molecule has 1 aliphatic heterocycles. The van der Waals surface area contributed by atoms with Crippen LogP contribution in [0.15, 0.2) is 52.9 Å². The molecule has 0 unspecified atom stereocenters. The minimum absolute atomic E-state index is 0.226. The third kappa shape index (κ3) is 3.94. The first-order valence-corrected chi connectivity index (χ1v) is 9.46. The second-order valence-corrected chi connectivity index (χ2v) is 7.33. The maximum Gasteiger partial charge on any atom is 0.287 e. The van der Waals surface area contributed by atoms with E-state index in [1.807, 2.05) is 12.1 Å². The van der Waals surface area contributed by atoms with E-state index < -0.39 is 0 Å². The van der Waals surface area contributed by atoms with Gasteiger partial charge in [-0.15, -0.1) is 0 Å². The smallest absolute Gasteiger partial charge is 0.287 e. The normalized spacial score (nSPS) is 15.3. The molecule has 6 heteroatoms. The molecule has 5 nitrogen and oxygen atoms in total. The fraction of sp³-hybridized carbons (Fsp3) is 0.286.